The molecule has 4 aromatic rings. The number of unbranched alkanes of at least 4 members (excludes halogenated alkanes) is 1. The van der Waals surface area contributed by atoms with Crippen molar-refractivity contribution in [2.75, 3.05) is 0 Å². The van der Waals surface area contributed by atoms with Gasteiger partial charge in [-0.2, -0.15) is 0 Å². The molecule has 0 radical (unpaired) electrons. The molecule has 0 amide bonds. The molecule has 0 aliphatic heterocycles. The summed E-state index contributed by atoms with van der Waals surface area (Å²) < 4.78 is 3.92. The van der Waals surface area contributed by atoms with E-state index in [1.807, 2.05) is 47.1 Å². The van der Waals surface area contributed by atoms with E-state index < -0.39 is 0 Å². The number of rotatable bonds is 8. The zero-order valence-corrected chi connectivity index (χ0v) is 16.3. The molecule has 9 heteroatoms. The van der Waals surface area contributed by atoms with Crippen LogP contribution in [-0.2, 0) is 12.3 Å². The van der Waals surface area contributed by atoms with Gasteiger partial charge in [-0.25, -0.2) is 4.68 Å². The van der Waals surface area contributed by atoms with Crippen molar-refractivity contribution < 1.29 is 0 Å². The molecule has 0 spiro atoms. The maximum Gasteiger partial charge on any atom is 0.196 e. The maximum atomic E-state index is 4.44. The second-order valence-electron chi connectivity index (χ2n) is 6.17. The van der Waals surface area contributed by atoms with Gasteiger partial charge < -0.3 is 0 Å². The van der Waals surface area contributed by atoms with Gasteiger partial charge in [-0.05, 0) is 41.1 Å². The Morgan fingerprint density at radius 1 is 0.964 bits per heavy atom. The van der Waals surface area contributed by atoms with Crippen molar-refractivity contribution >= 4 is 11.8 Å². The normalized spacial score (nSPS) is 11.0. The van der Waals surface area contributed by atoms with Gasteiger partial charge in [-0.3, -0.25) is 9.55 Å². The number of para-hydroxylation sites is 1. The van der Waals surface area contributed by atoms with Gasteiger partial charge in [0.25, 0.3) is 0 Å². The lowest BCUT2D eigenvalue weighted by atomic mass is 10.2. The molecule has 3 aromatic heterocycles. The minimum atomic E-state index is 0.623. The zero-order chi connectivity index (χ0) is 19.2. The van der Waals surface area contributed by atoms with E-state index in [0.717, 1.165) is 47.4 Å². The monoisotopic (exact) mass is 392 g/mol. The van der Waals surface area contributed by atoms with Gasteiger partial charge in [0.05, 0.1) is 5.75 Å². The Morgan fingerprint density at radius 3 is 2.57 bits per heavy atom. The molecular formula is C19H20N8S. The molecule has 0 saturated carbocycles. The van der Waals surface area contributed by atoms with Gasteiger partial charge in [-0.15, -0.1) is 15.3 Å². The Hall–Kier alpha value is -3.07. The second-order valence-corrected chi connectivity index (χ2v) is 7.12. The summed E-state index contributed by atoms with van der Waals surface area (Å²) in [6.45, 7) is 2.98. The number of hydrogen-bond donors (Lipinski definition) is 0. The third-order valence-electron chi connectivity index (χ3n) is 4.25. The molecule has 0 bridgehead atoms. The lowest BCUT2D eigenvalue weighted by Gasteiger charge is -2.10. The van der Waals surface area contributed by atoms with Crippen molar-refractivity contribution in [3.8, 4) is 17.1 Å². The Bertz CT molecular complexity index is 1010. The molecule has 0 unspecified atom stereocenters. The van der Waals surface area contributed by atoms with E-state index in [4.69, 9.17) is 0 Å². The van der Waals surface area contributed by atoms with Crippen LogP contribution in [0.4, 0.5) is 0 Å². The minimum Gasteiger partial charge on any atom is -0.270 e. The first-order valence-corrected chi connectivity index (χ1v) is 10.1. The molecular weight excluding hydrogens is 372 g/mol. The fourth-order valence-corrected chi connectivity index (χ4v) is 3.68. The molecule has 0 atom stereocenters. The van der Waals surface area contributed by atoms with E-state index in [-0.39, 0.29) is 0 Å². The van der Waals surface area contributed by atoms with Crippen molar-refractivity contribution in [3.63, 3.8) is 0 Å². The molecule has 142 valence electrons. The summed E-state index contributed by atoms with van der Waals surface area (Å²) in [5, 5.41) is 21.8. The van der Waals surface area contributed by atoms with Crippen LogP contribution in [0.1, 0.15) is 25.6 Å². The fraction of sp³-hybridized carbons (Fsp3) is 0.263. The zero-order valence-electron chi connectivity index (χ0n) is 15.5. The lowest BCUT2D eigenvalue weighted by molar-refractivity contribution is 0.540. The Balaban J connectivity index is 1.65. The van der Waals surface area contributed by atoms with Crippen LogP contribution in [0.25, 0.3) is 17.1 Å². The van der Waals surface area contributed by atoms with E-state index in [1.54, 1.807) is 24.2 Å². The minimum absolute atomic E-state index is 0.623. The smallest absolute Gasteiger partial charge is 0.196 e. The summed E-state index contributed by atoms with van der Waals surface area (Å²) in [4.78, 5) is 4.10. The summed E-state index contributed by atoms with van der Waals surface area (Å²) in [7, 11) is 0. The highest BCUT2D eigenvalue weighted by Gasteiger charge is 2.17. The third-order valence-corrected chi connectivity index (χ3v) is 5.17. The summed E-state index contributed by atoms with van der Waals surface area (Å²) in [5.41, 5.74) is 1.97. The van der Waals surface area contributed by atoms with Gasteiger partial charge in [0.1, 0.15) is 0 Å². The number of pyridine rings is 1. The molecule has 0 aliphatic rings. The Morgan fingerprint density at radius 2 is 1.79 bits per heavy atom. The molecule has 8 nitrogen and oxygen atoms in total. The molecule has 0 fully saturated rings. The summed E-state index contributed by atoms with van der Waals surface area (Å²) >= 11 is 1.57. The maximum absolute atomic E-state index is 4.44. The average Bonchev–Trinajstić information content (AvgIpc) is 3.38. The van der Waals surface area contributed by atoms with Crippen molar-refractivity contribution in [3.05, 3.63) is 60.7 Å². The van der Waals surface area contributed by atoms with Crippen LogP contribution in [0.5, 0.6) is 0 Å². The van der Waals surface area contributed by atoms with Crippen LogP contribution >= 0.6 is 11.8 Å². The first-order valence-electron chi connectivity index (χ1n) is 9.16. The topological polar surface area (TPSA) is 87.2 Å². The number of nitrogens with zero attached hydrogens (tertiary/aromatic N) is 8. The molecule has 28 heavy (non-hydrogen) atoms. The second kappa shape index (κ2) is 8.75. The van der Waals surface area contributed by atoms with Crippen molar-refractivity contribution in [2.45, 2.75) is 37.2 Å². The third kappa shape index (κ3) is 3.94. The number of hydrogen-bond acceptors (Lipinski definition) is 7. The van der Waals surface area contributed by atoms with E-state index >= 15 is 0 Å². The quantitative estimate of drug-likeness (QED) is 0.425. The van der Waals surface area contributed by atoms with Crippen LogP contribution in [0.2, 0.25) is 0 Å². The lowest BCUT2D eigenvalue weighted by Crippen LogP contribution is -2.05. The summed E-state index contributed by atoms with van der Waals surface area (Å²) in [5.74, 6) is 2.24. The van der Waals surface area contributed by atoms with Crippen LogP contribution in [0.15, 0.2) is 60.0 Å². The van der Waals surface area contributed by atoms with E-state index in [0.29, 0.717) is 5.75 Å². The predicted octanol–water partition coefficient (Wildman–Crippen LogP) is 3.41. The SMILES string of the molecule is CCCCn1nnnc1CSc1nnc(-c2ccncc2)n1-c1ccccc1. The van der Waals surface area contributed by atoms with E-state index in [1.165, 1.54) is 0 Å². The molecule has 4 rings (SSSR count). The van der Waals surface area contributed by atoms with Gasteiger partial charge >= 0.3 is 0 Å². The number of benzene rings is 1. The molecule has 1 aromatic carbocycles. The van der Waals surface area contributed by atoms with E-state index in [2.05, 4.69) is 42.2 Å². The number of aromatic nitrogens is 8. The highest BCUT2D eigenvalue weighted by atomic mass is 32.2. The summed E-state index contributed by atoms with van der Waals surface area (Å²) in [6.07, 6.45) is 5.67. The van der Waals surface area contributed by atoms with Gasteiger partial charge in [0.2, 0.25) is 0 Å². The predicted molar refractivity (Wildman–Crippen MR) is 107 cm³/mol. The fourth-order valence-electron chi connectivity index (χ4n) is 2.80. The Labute approximate surface area is 167 Å². The van der Waals surface area contributed by atoms with Gasteiger partial charge in [-0.1, -0.05) is 43.3 Å². The standard InChI is InChI=1S/C19H20N8S/c1-2-3-13-26-17(21-24-25-26)14-28-19-23-22-18(15-9-11-20-12-10-15)27(19)16-7-5-4-6-8-16/h4-12H,2-3,13-14H2,1H3. The first kappa shape index (κ1) is 18.3. The van der Waals surface area contributed by atoms with Crippen molar-refractivity contribution in [1.82, 2.24) is 40.0 Å². The highest BCUT2D eigenvalue weighted by Crippen LogP contribution is 2.29. The highest BCUT2D eigenvalue weighted by molar-refractivity contribution is 7.98. The van der Waals surface area contributed by atoms with Crippen LogP contribution < -0.4 is 0 Å². The van der Waals surface area contributed by atoms with Gasteiger partial charge in [0.15, 0.2) is 16.8 Å². The van der Waals surface area contributed by atoms with Gasteiger partial charge in [0, 0.05) is 30.2 Å². The van der Waals surface area contributed by atoms with Crippen LogP contribution in [0, 0.1) is 0 Å². The number of aryl methyl sites for hydroxylation is 1. The largest absolute Gasteiger partial charge is 0.270 e. The molecule has 3 heterocycles. The van der Waals surface area contributed by atoms with Crippen molar-refractivity contribution in [1.29, 1.82) is 0 Å². The van der Waals surface area contributed by atoms with Crippen LogP contribution in [-0.4, -0.2) is 40.0 Å². The first-order chi connectivity index (χ1) is 13.9. The summed E-state index contributed by atoms with van der Waals surface area (Å²) in [6, 6.07) is 14.0. The Kier molecular flexibility index (Phi) is 5.72. The molecule has 0 aliphatic carbocycles. The molecule has 0 saturated heterocycles. The van der Waals surface area contributed by atoms with E-state index in [9.17, 15) is 0 Å². The average molecular weight is 392 g/mol. The molecule has 0 N–H and O–H groups in total. The van der Waals surface area contributed by atoms with Crippen LogP contribution in [0.3, 0.4) is 0 Å². The van der Waals surface area contributed by atoms with Crippen molar-refractivity contribution in [2.24, 2.45) is 0 Å². The number of tetrazole rings is 1. The number of thioether (sulfide) groups is 1.